The lowest BCUT2D eigenvalue weighted by atomic mass is 10.3. The van der Waals surface area contributed by atoms with E-state index in [2.05, 4.69) is 10.3 Å². The second kappa shape index (κ2) is 3.96. The summed E-state index contributed by atoms with van der Waals surface area (Å²) in [5.41, 5.74) is 1.25. The summed E-state index contributed by atoms with van der Waals surface area (Å²) < 4.78 is 0.842. The molecular formula is C9H12ClNOS. The lowest BCUT2D eigenvalue weighted by Crippen LogP contribution is -2.21. The van der Waals surface area contributed by atoms with Crippen LogP contribution >= 0.6 is 22.9 Å². The first-order valence-electron chi connectivity index (χ1n) is 4.37. The first kappa shape index (κ1) is 9.46. The minimum atomic E-state index is -0.130. The summed E-state index contributed by atoms with van der Waals surface area (Å²) in [5.74, 6) is 0. The van der Waals surface area contributed by atoms with E-state index in [4.69, 9.17) is 11.6 Å². The number of aliphatic hydroxyl groups excluding tert-OH is 1. The Labute approximate surface area is 86.7 Å². The average molecular weight is 218 g/mol. The first-order chi connectivity index (χ1) is 6.24. The molecule has 1 aromatic heterocycles. The molecule has 0 aromatic carbocycles. The molecule has 0 radical (unpaired) electrons. The first-order valence-corrected chi connectivity index (χ1v) is 5.63. The molecule has 1 saturated heterocycles. The Balaban J connectivity index is 1.91. The molecule has 72 valence electrons. The van der Waals surface area contributed by atoms with Crippen LogP contribution in [0.3, 0.4) is 0 Å². The normalized spacial score (nSPS) is 24.0. The van der Waals surface area contributed by atoms with Gasteiger partial charge in [-0.3, -0.25) is 4.90 Å². The van der Waals surface area contributed by atoms with E-state index in [1.54, 1.807) is 11.3 Å². The minimum Gasteiger partial charge on any atom is -0.392 e. The van der Waals surface area contributed by atoms with Crippen LogP contribution in [0.1, 0.15) is 12.0 Å². The highest BCUT2D eigenvalue weighted by Crippen LogP contribution is 2.22. The third-order valence-electron chi connectivity index (χ3n) is 2.28. The predicted molar refractivity (Wildman–Crippen MR) is 55.2 cm³/mol. The van der Waals surface area contributed by atoms with Gasteiger partial charge in [0.2, 0.25) is 0 Å². The van der Waals surface area contributed by atoms with Crippen molar-refractivity contribution in [2.45, 2.75) is 19.1 Å². The van der Waals surface area contributed by atoms with Crippen molar-refractivity contribution in [3.63, 3.8) is 0 Å². The van der Waals surface area contributed by atoms with Crippen molar-refractivity contribution in [2.75, 3.05) is 13.1 Å². The highest BCUT2D eigenvalue weighted by atomic mass is 35.5. The minimum absolute atomic E-state index is 0.130. The van der Waals surface area contributed by atoms with Gasteiger partial charge in [0.25, 0.3) is 0 Å². The van der Waals surface area contributed by atoms with Gasteiger partial charge in [-0.1, -0.05) is 11.6 Å². The van der Waals surface area contributed by atoms with Crippen molar-refractivity contribution in [1.82, 2.24) is 4.90 Å². The van der Waals surface area contributed by atoms with Gasteiger partial charge in [0.1, 0.15) is 0 Å². The fourth-order valence-corrected chi connectivity index (χ4v) is 2.54. The number of thiophene rings is 1. The molecule has 13 heavy (non-hydrogen) atoms. The van der Waals surface area contributed by atoms with Crippen LogP contribution in [-0.2, 0) is 6.54 Å². The van der Waals surface area contributed by atoms with Crippen molar-refractivity contribution in [1.29, 1.82) is 0 Å². The quantitative estimate of drug-likeness (QED) is 0.819. The van der Waals surface area contributed by atoms with Crippen molar-refractivity contribution in [2.24, 2.45) is 0 Å². The van der Waals surface area contributed by atoms with Gasteiger partial charge in [0, 0.05) is 19.6 Å². The molecule has 1 atom stereocenters. The predicted octanol–water partition coefficient (Wildman–Crippen LogP) is 1.97. The third-order valence-corrected chi connectivity index (χ3v) is 3.42. The van der Waals surface area contributed by atoms with Gasteiger partial charge < -0.3 is 5.11 Å². The van der Waals surface area contributed by atoms with Gasteiger partial charge in [-0.2, -0.15) is 0 Å². The van der Waals surface area contributed by atoms with Gasteiger partial charge in [-0.15, -0.1) is 11.3 Å². The zero-order chi connectivity index (χ0) is 9.26. The van der Waals surface area contributed by atoms with Crippen molar-refractivity contribution in [3.05, 3.63) is 21.3 Å². The third kappa shape index (κ3) is 2.44. The monoisotopic (exact) mass is 217 g/mol. The summed E-state index contributed by atoms with van der Waals surface area (Å²) in [4.78, 5) is 2.25. The molecule has 2 rings (SSSR count). The van der Waals surface area contributed by atoms with Crippen molar-refractivity contribution in [3.8, 4) is 0 Å². The van der Waals surface area contributed by atoms with E-state index in [0.29, 0.717) is 0 Å². The molecule has 2 heterocycles. The van der Waals surface area contributed by atoms with Crippen LogP contribution < -0.4 is 0 Å². The number of nitrogens with zero attached hydrogens (tertiary/aromatic N) is 1. The van der Waals surface area contributed by atoms with Gasteiger partial charge in [0.05, 0.1) is 10.4 Å². The van der Waals surface area contributed by atoms with Crippen LogP contribution in [0, 0.1) is 0 Å². The maximum absolute atomic E-state index is 9.32. The van der Waals surface area contributed by atoms with E-state index >= 15 is 0 Å². The molecular weight excluding hydrogens is 206 g/mol. The molecule has 2 nitrogen and oxygen atoms in total. The number of hydrogen-bond acceptors (Lipinski definition) is 3. The largest absolute Gasteiger partial charge is 0.392 e. The van der Waals surface area contributed by atoms with Gasteiger partial charge >= 0.3 is 0 Å². The molecule has 0 amide bonds. The number of rotatable bonds is 2. The molecule has 0 aliphatic carbocycles. The Morgan fingerprint density at radius 1 is 1.69 bits per heavy atom. The molecule has 0 bridgehead atoms. The second-order valence-electron chi connectivity index (χ2n) is 3.44. The molecule has 1 fully saturated rings. The SMILES string of the molecule is O[C@H]1CCN(Cc2csc(Cl)c2)C1. The number of hydrogen-bond donors (Lipinski definition) is 1. The van der Waals surface area contributed by atoms with E-state index < -0.39 is 0 Å². The van der Waals surface area contributed by atoms with Crippen LogP contribution in [0.25, 0.3) is 0 Å². The summed E-state index contributed by atoms with van der Waals surface area (Å²) >= 11 is 7.39. The zero-order valence-electron chi connectivity index (χ0n) is 7.24. The Morgan fingerprint density at radius 2 is 2.54 bits per heavy atom. The van der Waals surface area contributed by atoms with Gasteiger partial charge in [-0.25, -0.2) is 0 Å². The molecule has 1 aliphatic heterocycles. The Morgan fingerprint density at radius 3 is 3.08 bits per heavy atom. The van der Waals surface area contributed by atoms with Crippen LogP contribution in [0.15, 0.2) is 11.4 Å². The highest BCUT2D eigenvalue weighted by Gasteiger charge is 2.19. The number of likely N-dealkylation sites (tertiary alicyclic amines) is 1. The summed E-state index contributed by atoms with van der Waals surface area (Å²) in [6, 6.07) is 2.00. The topological polar surface area (TPSA) is 23.5 Å². The van der Waals surface area contributed by atoms with E-state index in [-0.39, 0.29) is 6.10 Å². The van der Waals surface area contributed by atoms with Gasteiger partial charge in [-0.05, 0) is 23.4 Å². The van der Waals surface area contributed by atoms with Crippen molar-refractivity contribution < 1.29 is 5.11 Å². The number of β-amino-alcohol motifs (C(OH)–C–C–N with tert-alkyl or cyclic N) is 1. The highest BCUT2D eigenvalue weighted by molar-refractivity contribution is 7.14. The van der Waals surface area contributed by atoms with Gasteiger partial charge in [0.15, 0.2) is 0 Å². The van der Waals surface area contributed by atoms with E-state index in [0.717, 1.165) is 30.4 Å². The van der Waals surface area contributed by atoms with E-state index in [1.807, 2.05) is 6.07 Å². The smallest absolute Gasteiger partial charge is 0.0931 e. The fraction of sp³-hybridized carbons (Fsp3) is 0.556. The summed E-state index contributed by atoms with van der Waals surface area (Å²) in [6.45, 7) is 2.71. The average Bonchev–Trinajstić information content (AvgIpc) is 2.62. The fourth-order valence-electron chi connectivity index (χ4n) is 1.64. The summed E-state index contributed by atoms with van der Waals surface area (Å²) in [7, 11) is 0. The second-order valence-corrected chi connectivity index (χ2v) is 4.98. The Bertz CT molecular complexity index is 289. The van der Waals surface area contributed by atoms with Crippen molar-refractivity contribution >= 4 is 22.9 Å². The molecule has 4 heteroatoms. The standard InChI is InChI=1S/C9H12ClNOS/c10-9-3-7(6-13-9)4-11-2-1-8(12)5-11/h3,6,8,12H,1-2,4-5H2/t8-/m0/s1. The van der Waals surface area contributed by atoms with Crippen LogP contribution in [0.5, 0.6) is 0 Å². The lowest BCUT2D eigenvalue weighted by molar-refractivity contribution is 0.175. The molecule has 0 saturated carbocycles. The van der Waals surface area contributed by atoms with Crippen LogP contribution in [0.4, 0.5) is 0 Å². The number of aliphatic hydroxyl groups is 1. The number of halogens is 1. The Kier molecular flexibility index (Phi) is 2.89. The summed E-state index contributed by atoms with van der Waals surface area (Å²) in [6.07, 6.45) is 0.770. The Hall–Kier alpha value is -0.0900. The van der Waals surface area contributed by atoms with E-state index in [9.17, 15) is 5.11 Å². The zero-order valence-corrected chi connectivity index (χ0v) is 8.81. The molecule has 0 unspecified atom stereocenters. The molecule has 1 aliphatic rings. The van der Waals surface area contributed by atoms with Crippen LogP contribution in [-0.4, -0.2) is 29.2 Å². The van der Waals surface area contributed by atoms with E-state index in [1.165, 1.54) is 5.56 Å². The molecule has 0 spiro atoms. The summed E-state index contributed by atoms with van der Waals surface area (Å²) in [5, 5.41) is 11.4. The lowest BCUT2D eigenvalue weighted by Gasteiger charge is -2.12. The maximum Gasteiger partial charge on any atom is 0.0931 e. The molecule has 1 aromatic rings. The van der Waals surface area contributed by atoms with Crippen LogP contribution in [0.2, 0.25) is 4.34 Å². The molecule has 1 N–H and O–H groups in total. The maximum atomic E-state index is 9.32.